The lowest BCUT2D eigenvalue weighted by Gasteiger charge is -2.11. The highest BCUT2D eigenvalue weighted by molar-refractivity contribution is 9.10. The number of halogens is 3. The van der Waals surface area contributed by atoms with Gasteiger partial charge in [-0.3, -0.25) is 0 Å². The molecule has 0 aliphatic carbocycles. The summed E-state index contributed by atoms with van der Waals surface area (Å²) in [6, 6.07) is 5.68. The molecule has 0 saturated carbocycles. The van der Waals surface area contributed by atoms with Crippen LogP contribution in [0, 0.1) is 11.6 Å². The van der Waals surface area contributed by atoms with Crippen LogP contribution in [0.3, 0.4) is 0 Å². The molecule has 0 amide bonds. The molecule has 1 aromatic heterocycles. The zero-order valence-corrected chi connectivity index (χ0v) is 12.0. The number of aryl methyl sites for hydroxylation is 1. The highest BCUT2D eigenvalue weighted by Crippen LogP contribution is 2.32. The molecular weight excluding hydrogens is 322 g/mol. The normalized spacial score (nSPS) is 12.7. The van der Waals surface area contributed by atoms with Crippen molar-refractivity contribution in [2.24, 2.45) is 0 Å². The first-order chi connectivity index (χ1) is 8.52. The predicted octanol–water partition coefficient (Wildman–Crippen LogP) is 4.43. The Morgan fingerprint density at radius 3 is 2.61 bits per heavy atom. The Kier molecular flexibility index (Phi) is 4.14. The third-order valence-electron chi connectivity index (χ3n) is 2.63. The largest absolute Gasteiger partial charge is 0.383 e. The van der Waals surface area contributed by atoms with Crippen molar-refractivity contribution >= 4 is 27.3 Å². The number of hydrogen-bond acceptors (Lipinski definition) is 2. The van der Waals surface area contributed by atoms with E-state index in [9.17, 15) is 13.9 Å². The van der Waals surface area contributed by atoms with Crippen LogP contribution < -0.4 is 0 Å². The maximum atomic E-state index is 13.7. The van der Waals surface area contributed by atoms with Crippen LogP contribution in [-0.4, -0.2) is 5.11 Å². The van der Waals surface area contributed by atoms with Crippen molar-refractivity contribution in [3.8, 4) is 0 Å². The van der Waals surface area contributed by atoms with Gasteiger partial charge in [-0.2, -0.15) is 0 Å². The van der Waals surface area contributed by atoms with E-state index in [1.807, 2.05) is 13.0 Å². The smallest absolute Gasteiger partial charge is 0.137 e. The fourth-order valence-electron chi connectivity index (χ4n) is 1.63. The van der Waals surface area contributed by atoms with Crippen LogP contribution in [0.5, 0.6) is 0 Å². The molecule has 1 unspecified atom stereocenters. The summed E-state index contributed by atoms with van der Waals surface area (Å²) >= 11 is 4.31. The minimum atomic E-state index is -1.13. The van der Waals surface area contributed by atoms with Gasteiger partial charge in [0.15, 0.2) is 0 Å². The summed E-state index contributed by atoms with van der Waals surface area (Å²) in [7, 11) is 0. The molecule has 1 nitrogen and oxygen atoms in total. The lowest BCUT2D eigenvalue weighted by molar-refractivity contribution is 0.218. The van der Waals surface area contributed by atoms with Crippen LogP contribution in [0.25, 0.3) is 0 Å². The predicted molar refractivity (Wildman–Crippen MR) is 71.8 cm³/mol. The highest BCUT2D eigenvalue weighted by Gasteiger charge is 2.19. The topological polar surface area (TPSA) is 20.2 Å². The van der Waals surface area contributed by atoms with Gasteiger partial charge in [0.2, 0.25) is 0 Å². The van der Waals surface area contributed by atoms with Crippen LogP contribution >= 0.6 is 27.3 Å². The lowest BCUT2D eigenvalue weighted by atomic mass is 10.1. The first-order valence-electron chi connectivity index (χ1n) is 5.44. The summed E-state index contributed by atoms with van der Waals surface area (Å²) in [5, 5.41) is 10.1. The molecule has 1 heterocycles. The van der Waals surface area contributed by atoms with Crippen molar-refractivity contribution < 1.29 is 13.9 Å². The molecule has 2 rings (SSSR count). The maximum Gasteiger partial charge on any atom is 0.137 e. The van der Waals surface area contributed by atoms with Crippen LogP contribution in [0.15, 0.2) is 28.7 Å². The highest BCUT2D eigenvalue weighted by atomic mass is 79.9. The molecule has 0 spiro atoms. The molecule has 5 heteroatoms. The van der Waals surface area contributed by atoms with Crippen molar-refractivity contribution in [3.05, 3.63) is 55.7 Å². The van der Waals surface area contributed by atoms with E-state index in [4.69, 9.17) is 0 Å². The Bertz CT molecular complexity index is 568. The molecule has 0 aliphatic rings. The van der Waals surface area contributed by atoms with Gasteiger partial charge in [-0.25, -0.2) is 8.78 Å². The van der Waals surface area contributed by atoms with E-state index in [0.717, 1.165) is 23.4 Å². The number of thiophene rings is 1. The Morgan fingerprint density at radius 1 is 1.28 bits per heavy atom. The minimum absolute atomic E-state index is 0.0415. The SMILES string of the molecule is CCc1ccc(C(O)c2cc(F)c(Br)cc2F)s1. The fraction of sp³-hybridized carbons (Fsp3) is 0.231. The second-order valence-corrected chi connectivity index (χ2v) is 5.90. The van der Waals surface area contributed by atoms with Gasteiger partial charge in [0, 0.05) is 15.3 Å². The molecule has 2 aromatic rings. The van der Waals surface area contributed by atoms with Crippen molar-refractivity contribution in [1.29, 1.82) is 0 Å². The van der Waals surface area contributed by atoms with Crippen LogP contribution in [-0.2, 0) is 6.42 Å². The third kappa shape index (κ3) is 2.63. The number of hydrogen-bond donors (Lipinski definition) is 1. The molecule has 18 heavy (non-hydrogen) atoms. The van der Waals surface area contributed by atoms with Crippen molar-refractivity contribution in [3.63, 3.8) is 0 Å². The van der Waals surface area contributed by atoms with Crippen molar-refractivity contribution in [2.45, 2.75) is 19.4 Å². The van der Waals surface area contributed by atoms with Gasteiger partial charge >= 0.3 is 0 Å². The number of aliphatic hydroxyl groups is 1. The van der Waals surface area contributed by atoms with Gasteiger partial charge in [-0.05, 0) is 46.6 Å². The number of aliphatic hydroxyl groups excluding tert-OH is 1. The Balaban J connectivity index is 2.39. The molecule has 0 saturated heterocycles. The van der Waals surface area contributed by atoms with E-state index in [2.05, 4.69) is 15.9 Å². The van der Waals surface area contributed by atoms with Crippen LogP contribution in [0.2, 0.25) is 0 Å². The monoisotopic (exact) mass is 332 g/mol. The standard InChI is InChI=1S/C13H11BrF2OS/c1-2-7-3-4-12(18-7)13(17)8-5-11(16)9(14)6-10(8)15/h3-6,13,17H,2H2,1H3. The third-order valence-corrected chi connectivity index (χ3v) is 4.52. The fourth-order valence-corrected chi connectivity index (χ4v) is 2.91. The van der Waals surface area contributed by atoms with E-state index in [1.54, 1.807) is 6.07 Å². The van der Waals surface area contributed by atoms with E-state index in [-0.39, 0.29) is 10.0 Å². The Morgan fingerprint density at radius 2 is 2.00 bits per heavy atom. The molecule has 0 fully saturated rings. The Labute approximate surface area is 116 Å². The van der Waals surface area contributed by atoms with Crippen molar-refractivity contribution in [2.75, 3.05) is 0 Å². The van der Waals surface area contributed by atoms with Gasteiger partial charge in [0.05, 0.1) is 4.47 Å². The summed E-state index contributed by atoms with van der Waals surface area (Å²) in [5.74, 6) is -1.21. The molecule has 1 N–H and O–H groups in total. The second kappa shape index (κ2) is 5.47. The molecule has 1 atom stereocenters. The van der Waals surface area contributed by atoms with Crippen LogP contribution in [0.4, 0.5) is 8.78 Å². The Hall–Kier alpha value is -0.780. The van der Waals surface area contributed by atoms with E-state index < -0.39 is 17.7 Å². The molecule has 0 bridgehead atoms. The van der Waals surface area contributed by atoms with Gasteiger partial charge in [-0.1, -0.05) is 6.92 Å². The number of rotatable bonds is 3. The second-order valence-electron chi connectivity index (χ2n) is 3.85. The summed E-state index contributed by atoms with van der Waals surface area (Å²) in [6.07, 6.45) is -0.271. The average molecular weight is 333 g/mol. The first-order valence-corrected chi connectivity index (χ1v) is 7.05. The molecular formula is C13H11BrF2OS. The summed E-state index contributed by atoms with van der Waals surface area (Å²) in [4.78, 5) is 1.72. The average Bonchev–Trinajstić information content (AvgIpc) is 2.81. The first kappa shape index (κ1) is 13.6. The summed E-state index contributed by atoms with van der Waals surface area (Å²) in [6.45, 7) is 2.00. The number of benzene rings is 1. The quantitative estimate of drug-likeness (QED) is 0.824. The lowest BCUT2D eigenvalue weighted by Crippen LogP contribution is -2.02. The maximum absolute atomic E-state index is 13.7. The van der Waals surface area contributed by atoms with E-state index >= 15 is 0 Å². The molecule has 0 aliphatic heterocycles. The zero-order valence-electron chi connectivity index (χ0n) is 9.58. The molecule has 1 aromatic carbocycles. The van der Waals surface area contributed by atoms with E-state index in [1.165, 1.54) is 11.3 Å². The van der Waals surface area contributed by atoms with Gasteiger partial charge in [0.1, 0.15) is 17.7 Å². The summed E-state index contributed by atoms with van der Waals surface area (Å²) < 4.78 is 27.1. The van der Waals surface area contributed by atoms with Gasteiger partial charge < -0.3 is 5.11 Å². The summed E-state index contributed by atoms with van der Waals surface area (Å²) in [5.41, 5.74) is -0.0415. The molecule has 0 radical (unpaired) electrons. The van der Waals surface area contributed by atoms with E-state index in [0.29, 0.717) is 4.88 Å². The van der Waals surface area contributed by atoms with Crippen molar-refractivity contribution in [1.82, 2.24) is 0 Å². The zero-order chi connectivity index (χ0) is 13.3. The van der Waals surface area contributed by atoms with Gasteiger partial charge in [0.25, 0.3) is 0 Å². The molecule has 96 valence electrons. The minimum Gasteiger partial charge on any atom is -0.383 e. The van der Waals surface area contributed by atoms with Gasteiger partial charge in [-0.15, -0.1) is 11.3 Å². The van der Waals surface area contributed by atoms with Crippen LogP contribution in [0.1, 0.15) is 28.3 Å².